The topological polar surface area (TPSA) is 12.9 Å². The maximum atomic E-state index is 5.14. The Labute approximate surface area is 85.1 Å². The minimum Gasteiger partial charge on any atom is -0.249 e. The summed E-state index contributed by atoms with van der Waals surface area (Å²) in [6, 6.07) is 3.88. The summed E-state index contributed by atoms with van der Waals surface area (Å²) in [6.45, 7) is 0. The van der Waals surface area contributed by atoms with Crippen LogP contribution in [0.1, 0.15) is 6.42 Å². The molecule has 0 N–H and O–H groups in total. The molecule has 0 spiro atoms. The van der Waals surface area contributed by atoms with Crippen LogP contribution in [0.5, 0.6) is 0 Å². The Bertz CT molecular complexity index is 293. The first-order valence-corrected chi connectivity index (χ1v) is 5.29. The maximum absolute atomic E-state index is 5.14. The van der Waals surface area contributed by atoms with Gasteiger partial charge in [-0.1, -0.05) is 0 Å². The van der Waals surface area contributed by atoms with Crippen molar-refractivity contribution in [1.82, 2.24) is 4.98 Å². The number of rotatable bonds is 3. The minimum atomic E-state index is 0.785. The molecule has 0 atom stereocenters. The first-order chi connectivity index (χ1) is 5.84. The predicted octanol–water partition coefficient (Wildman–Crippen LogP) is 2.96. The zero-order valence-corrected chi connectivity index (χ0v) is 8.86. The number of thioether (sulfide) groups is 1. The molecule has 1 rings (SSSR count). The van der Waals surface area contributed by atoms with Gasteiger partial charge >= 0.3 is 0 Å². The van der Waals surface area contributed by atoms with Gasteiger partial charge in [0.1, 0.15) is 5.03 Å². The van der Waals surface area contributed by atoms with Crippen molar-refractivity contribution in [1.29, 1.82) is 0 Å². The third kappa shape index (κ3) is 2.88. The highest BCUT2D eigenvalue weighted by Crippen LogP contribution is 2.24. The second-order valence-electron chi connectivity index (χ2n) is 2.09. The van der Waals surface area contributed by atoms with E-state index in [-0.39, 0.29) is 0 Å². The summed E-state index contributed by atoms with van der Waals surface area (Å²) in [5.74, 6) is 3.52. The molecule has 0 fully saturated rings. The molecule has 0 aliphatic carbocycles. The summed E-state index contributed by atoms with van der Waals surface area (Å²) in [4.78, 5) is 4.20. The molecule has 0 unspecified atom stereocenters. The fourth-order valence-electron chi connectivity index (χ4n) is 0.684. The number of halogens is 1. The van der Waals surface area contributed by atoms with Crippen molar-refractivity contribution in [2.75, 3.05) is 5.75 Å². The Morgan fingerprint density at radius 1 is 1.67 bits per heavy atom. The normalized spacial score (nSPS) is 9.33. The number of terminal acetylenes is 1. The molecule has 0 aliphatic heterocycles. The van der Waals surface area contributed by atoms with Crippen molar-refractivity contribution in [2.45, 2.75) is 11.4 Å². The standard InChI is InChI=1S/C9H8BrNS/c1-2-3-7-12-9-8(10)5-4-6-11-9/h1,4-6H,3,7H2. The van der Waals surface area contributed by atoms with E-state index in [1.165, 1.54) is 0 Å². The minimum absolute atomic E-state index is 0.785. The fourth-order valence-corrected chi connectivity index (χ4v) is 2.04. The van der Waals surface area contributed by atoms with E-state index < -0.39 is 0 Å². The van der Waals surface area contributed by atoms with Crippen LogP contribution < -0.4 is 0 Å². The van der Waals surface area contributed by atoms with Crippen molar-refractivity contribution >= 4 is 27.7 Å². The van der Waals surface area contributed by atoms with Crippen LogP contribution in [-0.2, 0) is 0 Å². The summed E-state index contributed by atoms with van der Waals surface area (Å²) < 4.78 is 1.03. The van der Waals surface area contributed by atoms with Gasteiger partial charge in [0.2, 0.25) is 0 Å². The van der Waals surface area contributed by atoms with Gasteiger partial charge in [-0.2, -0.15) is 0 Å². The van der Waals surface area contributed by atoms with Gasteiger partial charge in [-0.15, -0.1) is 24.1 Å². The van der Waals surface area contributed by atoms with Gasteiger partial charge in [-0.25, -0.2) is 4.98 Å². The van der Waals surface area contributed by atoms with E-state index in [9.17, 15) is 0 Å². The molecule has 0 aliphatic rings. The van der Waals surface area contributed by atoms with Gasteiger partial charge in [0.25, 0.3) is 0 Å². The van der Waals surface area contributed by atoms with E-state index in [2.05, 4.69) is 26.8 Å². The number of hydrogen-bond acceptors (Lipinski definition) is 2. The molecule has 0 bridgehead atoms. The Hall–Kier alpha value is -0.460. The second kappa shape index (κ2) is 5.23. The summed E-state index contributed by atoms with van der Waals surface area (Å²) in [7, 11) is 0. The molecule has 0 saturated carbocycles. The van der Waals surface area contributed by atoms with Gasteiger partial charge in [-0.3, -0.25) is 0 Å². The molecular formula is C9H8BrNS. The zero-order valence-electron chi connectivity index (χ0n) is 6.46. The van der Waals surface area contributed by atoms with Crippen molar-refractivity contribution in [3.63, 3.8) is 0 Å². The lowest BCUT2D eigenvalue weighted by atomic mass is 10.5. The highest BCUT2D eigenvalue weighted by molar-refractivity contribution is 9.10. The number of nitrogens with zero attached hydrogens (tertiary/aromatic N) is 1. The first-order valence-electron chi connectivity index (χ1n) is 3.51. The molecular weight excluding hydrogens is 234 g/mol. The maximum Gasteiger partial charge on any atom is 0.110 e. The summed E-state index contributed by atoms with van der Waals surface area (Å²) in [6.07, 6.45) is 7.70. The third-order valence-electron chi connectivity index (χ3n) is 1.21. The molecule has 1 aromatic rings. The van der Waals surface area contributed by atoms with Gasteiger partial charge in [0.15, 0.2) is 0 Å². The largest absolute Gasteiger partial charge is 0.249 e. The van der Waals surface area contributed by atoms with Crippen LogP contribution in [-0.4, -0.2) is 10.7 Å². The van der Waals surface area contributed by atoms with Crippen molar-refractivity contribution in [2.24, 2.45) is 0 Å². The van der Waals surface area contributed by atoms with E-state index in [1.807, 2.05) is 12.1 Å². The highest BCUT2D eigenvalue weighted by atomic mass is 79.9. The number of aromatic nitrogens is 1. The van der Waals surface area contributed by atoms with Gasteiger partial charge < -0.3 is 0 Å². The smallest absolute Gasteiger partial charge is 0.110 e. The molecule has 0 aromatic carbocycles. The average Bonchev–Trinajstić information content (AvgIpc) is 2.09. The fraction of sp³-hybridized carbons (Fsp3) is 0.222. The van der Waals surface area contributed by atoms with Crippen LogP contribution in [0.15, 0.2) is 27.8 Å². The lowest BCUT2D eigenvalue weighted by molar-refractivity contribution is 1.10. The first kappa shape index (κ1) is 9.63. The Balaban J connectivity index is 2.53. The zero-order chi connectivity index (χ0) is 8.81. The Morgan fingerprint density at radius 2 is 2.50 bits per heavy atom. The van der Waals surface area contributed by atoms with Crippen LogP contribution in [0.3, 0.4) is 0 Å². The number of pyridine rings is 1. The molecule has 0 amide bonds. The Kier molecular flexibility index (Phi) is 4.20. The van der Waals surface area contributed by atoms with Gasteiger partial charge in [-0.05, 0) is 28.1 Å². The van der Waals surface area contributed by atoms with E-state index in [0.29, 0.717) is 0 Å². The molecule has 62 valence electrons. The van der Waals surface area contributed by atoms with Crippen molar-refractivity contribution < 1.29 is 0 Å². The van der Waals surface area contributed by atoms with Crippen molar-refractivity contribution in [3.8, 4) is 12.3 Å². The number of hydrogen-bond donors (Lipinski definition) is 0. The van der Waals surface area contributed by atoms with Crippen LogP contribution in [0.25, 0.3) is 0 Å². The predicted molar refractivity (Wildman–Crippen MR) is 56.1 cm³/mol. The average molecular weight is 242 g/mol. The quantitative estimate of drug-likeness (QED) is 0.459. The summed E-state index contributed by atoms with van der Waals surface area (Å²) in [5, 5.41) is 1.01. The SMILES string of the molecule is C#CCCSc1ncccc1Br. The molecule has 12 heavy (non-hydrogen) atoms. The third-order valence-corrected chi connectivity index (χ3v) is 3.12. The van der Waals surface area contributed by atoms with Crippen LogP contribution in [0, 0.1) is 12.3 Å². The lowest BCUT2D eigenvalue weighted by Crippen LogP contribution is -1.82. The van der Waals surface area contributed by atoms with E-state index in [4.69, 9.17) is 6.42 Å². The summed E-state index contributed by atoms with van der Waals surface area (Å²) in [5.41, 5.74) is 0. The molecule has 0 saturated heterocycles. The van der Waals surface area contributed by atoms with Crippen LogP contribution in [0.4, 0.5) is 0 Å². The molecule has 1 aromatic heterocycles. The highest BCUT2D eigenvalue weighted by Gasteiger charge is 1.98. The molecule has 0 radical (unpaired) electrons. The molecule has 1 nitrogen and oxygen atoms in total. The van der Waals surface area contributed by atoms with Gasteiger partial charge in [0, 0.05) is 22.8 Å². The lowest BCUT2D eigenvalue weighted by Gasteiger charge is -1.99. The van der Waals surface area contributed by atoms with E-state index in [0.717, 1.165) is 21.7 Å². The van der Waals surface area contributed by atoms with E-state index in [1.54, 1.807) is 18.0 Å². The monoisotopic (exact) mass is 241 g/mol. The van der Waals surface area contributed by atoms with Crippen molar-refractivity contribution in [3.05, 3.63) is 22.8 Å². The molecule has 1 heterocycles. The molecule has 3 heteroatoms. The second-order valence-corrected chi connectivity index (χ2v) is 4.03. The van der Waals surface area contributed by atoms with Crippen LogP contribution in [0.2, 0.25) is 0 Å². The van der Waals surface area contributed by atoms with E-state index >= 15 is 0 Å². The van der Waals surface area contributed by atoms with Gasteiger partial charge in [0.05, 0.1) is 0 Å². The summed E-state index contributed by atoms with van der Waals surface area (Å²) >= 11 is 5.08. The van der Waals surface area contributed by atoms with Crippen LogP contribution >= 0.6 is 27.7 Å². The Morgan fingerprint density at radius 3 is 3.17 bits per heavy atom.